The topological polar surface area (TPSA) is 41.6 Å². The number of nitrogens with one attached hydrogen (secondary N) is 1. The normalized spacial score (nSPS) is 12.0. The van der Waals surface area contributed by atoms with Crippen LogP contribution < -0.4 is 0 Å². The van der Waals surface area contributed by atoms with Crippen LogP contribution >= 0.6 is 0 Å². The zero-order chi connectivity index (χ0) is 20.0. The van der Waals surface area contributed by atoms with Crippen LogP contribution in [0.5, 0.6) is 0 Å². The number of H-pyrrole nitrogens is 1. The molecule has 0 saturated carbocycles. The molecule has 2 aromatic heterocycles. The van der Waals surface area contributed by atoms with E-state index in [1.807, 2.05) is 18.3 Å². The zero-order valence-corrected chi connectivity index (χ0v) is 16.9. The molecule has 5 rings (SSSR count). The first-order chi connectivity index (χ1) is 14.0. The fourth-order valence-corrected chi connectivity index (χ4v) is 3.85. The Morgan fingerprint density at radius 1 is 0.759 bits per heavy atom. The molecule has 142 valence electrons. The van der Waals surface area contributed by atoms with Gasteiger partial charge in [-0.25, -0.2) is 4.98 Å². The van der Waals surface area contributed by atoms with Gasteiger partial charge in [0.1, 0.15) is 5.82 Å². The monoisotopic (exact) mass is 377 g/mol. The van der Waals surface area contributed by atoms with Crippen molar-refractivity contribution < 1.29 is 0 Å². The predicted octanol–water partition coefficient (Wildman–Crippen LogP) is 6.74. The van der Waals surface area contributed by atoms with Gasteiger partial charge >= 0.3 is 0 Å². The maximum atomic E-state index is 4.89. The number of hydrogen-bond donors (Lipinski definition) is 1. The van der Waals surface area contributed by atoms with Crippen molar-refractivity contribution in [1.82, 2.24) is 15.0 Å². The fourth-order valence-electron chi connectivity index (χ4n) is 3.85. The highest BCUT2D eigenvalue weighted by atomic mass is 14.9. The number of nitrogens with zero attached hydrogens (tertiary/aromatic N) is 2. The summed E-state index contributed by atoms with van der Waals surface area (Å²) >= 11 is 0. The van der Waals surface area contributed by atoms with E-state index in [2.05, 4.69) is 91.4 Å². The molecule has 0 aliphatic heterocycles. The third-order valence-electron chi connectivity index (χ3n) is 5.47. The maximum Gasteiger partial charge on any atom is 0.139 e. The summed E-state index contributed by atoms with van der Waals surface area (Å²) in [6.07, 6.45) is 1.84. The number of hydrogen-bond acceptors (Lipinski definition) is 2. The van der Waals surface area contributed by atoms with Crippen LogP contribution in [0.25, 0.3) is 44.5 Å². The molecular formula is C26H23N3. The van der Waals surface area contributed by atoms with E-state index in [0.717, 1.165) is 33.7 Å². The Morgan fingerprint density at radius 3 is 2.21 bits per heavy atom. The molecular weight excluding hydrogens is 354 g/mol. The lowest BCUT2D eigenvalue weighted by molar-refractivity contribution is 0.591. The third kappa shape index (κ3) is 3.09. The van der Waals surface area contributed by atoms with E-state index in [0.29, 0.717) is 0 Å². The molecule has 29 heavy (non-hydrogen) atoms. The summed E-state index contributed by atoms with van der Waals surface area (Å²) in [5, 5.41) is 2.35. The summed E-state index contributed by atoms with van der Waals surface area (Å²) in [5.74, 6) is 0.898. The molecule has 3 nitrogen and oxygen atoms in total. The van der Waals surface area contributed by atoms with Crippen LogP contribution in [0, 0.1) is 0 Å². The van der Waals surface area contributed by atoms with Crippen molar-refractivity contribution in [3.05, 3.63) is 84.6 Å². The average Bonchev–Trinajstić information content (AvgIpc) is 3.16. The smallest absolute Gasteiger partial charge is 0.139 e. The predicted molar refractivity (Wildman–Crippen MR) is 121 cm³/mol. The number of rotatable bonds is 2. The first-order valence-electron chi connectivity index (χ1n) is 9.94. The van der Waals surface area contributed by atoms with Gasteiger partial charge in [-0.3, -0.25) is 4.98 Å². The Balaban J connectivity index is 1.70. The Morgan fingerprint density at radius 2 is 1.48 bits per heavy atom. The Kier molecular flexibility index (Phi) is 3.99. The van der Waals surface area contributed by atoms with Crippen molar-refractivity contribution in [3.63, 3.8) is 0 Å². The summed E-state index contributed by atoms with van der Waals surface area (Å²) in [4.78, 5) is 13.0. The molecule has 5 aromatic rings. The zero-order valence-electron chi connectivity index (χ0n) is 16.9. The highest BCUT2D eigenvalue weighted by Gasteiger charge is 2.16. The Bertz CT molecular complexity index is 1320. The van der Waals surface area contributed by atoms with Crippen molar-refractivity contribution in [1.29, 1.82) is 0 Å². The largest absolute Gasteiger partial charge is 0.338 e. The lowest BCUT2D eigenvalue weighted by Gasteiger charge is -2.18. The molecule has 0 unspecified atom stereocenters. The molecule has 0 atom stereocenters. The maximum absolute atomic E-state index is 4.89. The number of aromatic nitrogens is 3. The van der Waals surface area contributed by atoms with Gasteiger partial charge in [0.05, 0.1) is 16.7 Å². The molecule has 0 bridgehead atoms. The van der Waals surface area contributed by atoms with Crippen LogP contribution in [0.3, 0.4) is 0 Å². The molecule has 0 saturated heterocycles. The minimum atomic E-state index is 0.108. The number of aromatic amines is 1. The van der Waals surface area contributed by atoms with Crippen molar-refractivity contribution in [2.24, 2.45) is 0 Å². The van der Waals surface area contributed by atoms with Gasteiger partial charge in [-0.1, -0.05) is 63.2 Å². The summed E-state index contributed by atoms with van der Waals surface area (Å²) in [7, 11) is 0. The van der Waals surface area contributed by atoms with Crippen LogP contribution in [-0.2, 0) is 5.41 Å². The van der Waals surface area contributed by atoms with Gasteiger partial charge < -0.3 is 4.98 Å². The van der Waals surface area contributed by atoms with Gasteiger partial charge in [0, 0.05) is 17.3 Å². The molecule has 0 aliphatic carbocycles. The lowest BCUT2D eigenvalue weighted by Crippen LogP contribution is -2.10. The van der Waals surface area contributed by atoms with E-state index >= 15 is 0 Å². The van der Waals surface area contributed by atoms with Crippen molar-refractivity contribution in [2.75, 3.05) is 0 Å². The molecule has 0 radical (unpaired) electrons. The molecule has 2 heterocycles. The average molecular weight is 377 g/mol. The van der Waals surface area contributed by atoms with Crippen LogP contribution in [0.4, 0.5) is 0 Å². The molecule has 0 aliphatic rings. The number of benzene rings is 3. The van der Waals surface area contributed by atoms with Gasteiger partial charge in [-0.15, -0.1) is 0 Å². The first kappa shape index (κ1) is 17.6. The van der Waals surface area contributed by atoms with Gasteiger partial charge in [-0.2, -0.15) is 0 Å². The first-order valence-corrected chi connectivity index (χ1v) is 9.94. The molecule has 0 amide bonds. The van der Waals surface area contributed by atoms with E-state index in [1.165, 1.54) is 16.3 Å². The van der Waals surface area contributed by atoms with E-state index in [4.69, 9.17) is 4.98 Å². The number of pyridine rings is 1. The molecule has 0 fully saturated rings. The SMILES string of the molecule is CC(C)(C)c1ccc2nc(-c3ccc(-c4ccccn4)c4ccccc34)[nH]c2c1. The second-order valence-electron chi connectivity index (χ2n) is 8.49. The summed E-state index contributed by atoms with van der Waals surface area (Å²) in [6.45, 7) is 6.69. The van der Waals surface area contributed by atoms with Crippen molar-refractivity contribution >= 4 is 21.8 Å². The molecule has 0 spiro atoms. The minimum Gasteiger partial charge on any atom is -0.338 e. The van der Waals surface area contributed by atoms with Crippen molar-refractivity contribution in [2.45, 2.75) is 26.2 Å². The lowest BCUT2D eigenvalue weighted by atomic mass is 9.87. The van der Waals surface area contributed by atoms with E-state index in [9.17, 15) is 0 Å². The standard InChI is InChI=1S/C26H23N3/c1-26(2,3)17-11-14-23-24(16-17)29-25(28-23)21-13-12-20(22-10-6-7-15-27-22)18-8-4-5-9-19(18)21/h4-16H,1-3H3,(H,28,29). The van der Waals surface area contributed by atoms with Gasteiger partial charge in [0.15, 0.2) is 0 Å². The van der Waals surface area contributed by atoms with Crippen LogP contribution in [0.1, 0.15) is 26.3 Å². The highest BCUT2D eigenvalue weighted by molar-refractivity contribution is 6.04. The summed E-state index contributed by atoms with van der Waals surface area (Å²) < 4.78 is 0. The molecule has 3 heteroatoms. The quantitative estimate of drug-likeness (QED) is 0.370. The van der Waals surface area contributed by atoms with Crippen molar-refractivity contribution in [3.8, 4) is 22.6 Å². The second-order valence-corrected chi connectivity index (χ2v) is 8.49. The Hall–Kier alpha value is -3.46. The second kappa shape index (κ2) is 6.56. The van der Waals surface area contributed by atoms with E-state index < -0.39 is 0 Å². The van der Waals surface area contributed by atoms with E-state index in [1.54, 1.807) is 0 Å². The minimum absolute atomic E-state index is 0.108. The highest BCUT2D eigenvalue weighted by Crippen LogP contribution is 2.35. The Labute approximate surface area is 170 Å². The van der Waals surface area contributed by atoms with Gasteiger partial charge in [0.25, 0.3) is 0 Å². The fraction of sp³-hybridized carbons (Fsp3) is 0.154. The molecule has 1 N–H and O–H groups in total. The van der Waals surface area contributed by atoms with Crippen LogP contribution in [0.2, 0.25) is 0 Å². The van der Waals surface area contributed by atoms with Gasteiger partial charge in [-0.05, 0) is 52.1 Å². The number of fused-ring (bicyclic) bond motifs is 2. The third-order valence-corrected chi connectivity index (χ3v) is 5.47. The van der Waals surface area contributed by atoms with Crippen LogP contribution in [-0.4, -0.2) is 15.0 Å². The van der Waals surface area contributed by atoms with Crippen LogP contribution in [0.15, 0.2) is 79.0 Å². The number of imidazole rings is 1. The van der Waals surface area contributed by atoms with Gasteiger partial charge in [0.2, 0.25) is 0 Å². The summed E-state index contributed by atoms with van der Waals surface area (Å²) in [6, 6.07) is 25.3. The molecule has 3 aromatic carbocycles. The van der Waals surface area contributed by atoms with E-state index in [-0.39, 0.29) is 5.41 Å². The summed E-state index contributed by atoms with van der Waals surface area (Å²) in [5.41, 5.74) is 6.70.